The number of benzene rings is 3. The number of hydrazine groups is 1. The average molecular weight is 564 g/mol. The molecule has 2 N–H and O–H groups in total. The number of anilines is 1. The summed E-state index contributed by atoms with van der Waals surface area (Å²) < 4.78 is 46.6. The van der Waals surface area contributed by atoms with Crippen molar-refractivity contribution in [3.8, 4) is 22.6 Å². The fourth-order valence-corrected chi connectivity index (χ4v) is 4.92. The van der Waals surface area contributed by atoms with Gasteiger partial charge in [0.15, 0.2) is 5.69 Å². The summed E-state index contributed by atoms with van der Waals surface area (Å²) in [6.07, 6.45) is -4.06. The Labute approximate surface area is 232 Å². The van der Waals surface area contributed by atoms with E-state index in [-0.39, 0.29) is 24.1 Å². The molecule has 11 heteroatoms. The van der Waals surface area contributed by atoms with Crippen LogP contribution in [-0.4, -0.2) is 27.9 Å². The van der Waals surface area contributed by atoms with Gasteiger partial charge in [0.2, 0.25) is 17.6 Å². The number of aliphatic carboxylic acids is 1. The third-order valence-corrected chi connectivity index (χ3v) is 6.94. The van der Waals surface area contributed by atoms with E-state index >= 15 is 0 Å². The third-order valence-electron chi connectivity index (χ3n) is 6.94. The van der Waals surface area contributed by atoms with E-state index < -0.39 is 53.1 Å². The standard InChI is InChI=1S/C30H24F3N3O5/c31-30(32,33)25-24(34-27(41-25)20-10-5-2-6-11-20)26(37)35-36(28(38)22-12-7-13-23(22)29(39)40)21-16-14-19(15-17-21)18-8-3-1-4-9-18/h1-6,8-11,14-17,22-23H,7,12-13H2,(H,35,37)(H,39,40). The average Bonchev–Trinajstić information content (AvgIpc) is 3.65. The molecule has 0 aliphatic heterocycles. The van der Waals surface area contributed by atoms with Gasteiger partial charge in [0, 0.05) is 5.56 Å². The number of carbonyl (C=O) groups excluding carboxylic acids is 2. The molecule has 0 radical (unpaired) electrons. The predicted octanol–water partition coefficient (Wildman–Crippen LogP) is 6.21. The molecule has 1 aliphatic rings. The van der Waals surface area contributed by atoms with Crippen LogP contribution >= 0.6 is 0 Å². The van der Waals surface area contributed by atoms with Crippen LogP contribution in [0.15, 0.2) is 89.3 Å². The Balaban J connectivity index is 1.51. The number of alkyl halides is 3. The second-order valence-corrected chi connectivity index (χ2v) is 9.57. The maximum atomic E-state index is 13.9. The van der Waals surface area contributed by atoms with Gasteiger partial charge in [-0.2, -0.15) is 13.2 Å². The van der Waals surface area contributed by atoms with Gasteiger partial charge in [-0.25, -0.2) is 9.99 Å². The number of aromatic nitrogens is 1. The van der Waals surface area contributed by atoms with E-state index in [0.29, 0.717) is 6.42 Å². The topological polar surface area (TPSA) is 113 Å². The highest BCUT2D eigenvalue weighted by atomic mass is 19.4. The number of carbonyl (C=O) groups is 3. The molecule has 2 amide bonds. The Morgan fingerprint density at radius 1 is 0.829 bits per heavy atom. The molecular formula is C30H24F3N3O5. The lowest BCUT2D eigenvalue weighted by Crippen LogP contribution is -2.50. The minimum Gasteiger partial charge on any atom is -0.481 e. The van der Waals surface area contributed by atoms with Crippen LogP contribution in [-0.2, 0) is 15.8 Å². The summed E-state index contributed by atoms with van der Waals surface area (Å²) in [5, 5.41) is 10.4. The van der Waals surface area contributed by atoms with Crippen LogP contribution < -0.4 is 10.4 Å². The third kappa shape index (κ3) is 5.84. The Hall–Kier alpha value is -4.93. The summed E-state index contributed by atoms with van der Waals surface area (Å²) in [7, 11) is 0. The molecule has 3 aromatic carbocycles. The predicted molar refractivity (Wildman–Crippen MR) is 142 cm³/mol. The quantitative estimate of drug-likeness (QED) is 0.270. The second-order valence-electron chi connectivity index (χ2n) is 9.57. The lowest BCUT2D eigenvalue weighted by molar-refractivity contribution is -0.153. The van der Waals surface area contributed by atoms with Crippen molar-refractivity contribution >= 4 is 23.5 Å². The van der Waals surface area contributed by atoms with Crippen molar-refractivity contribution in [1.29, 1.82) is 0 Å². The van der Waals surface area contributed by atoms with E-state index in [1.54, 1.807) is 30.3 Å². The van der Waals surface area contributed by atoms with Gasteiger partial charge in [0.25, 0.3) is 5.91 Å². The normalized spacial score (nSPS) is 16.8. The van der Waals surface area contributed by atoms with Crippen molar-refractivity contribution in [3.63, 3.8) is 0 Å². The van der Waals surface area contributed by atoms with Crippen LogP contribution in [0.25, 0.3) is 22.6 Å². The maximum Gasteiger partial charge on any atom is 0.452 e. The summed E-state index contributed by atoms with van der Waals surface area (Å²) in [6, 6.07) is 23.5. The number of amides is 2. The fraction of sp³-hybridized carbons (Fsp3) is 0.200. The van der Waals surface area contributed by atoms with Gasteiger partial charge in [0.05, 0.1) is 17.5 Å². The van der Waals surface area contributed by atoms with Gasteiger partial charge in [-0.15, -0.1) is 0 Å². The monoisotopic (exact) mass is 563 g/mol. The first-order valence-electron chi connectivity index (χ1n) is 12.8. The molecule has 1 aliphatic carbocycles. The summed E-state index contributed by atoms with van der Waals surface area (Å²) in [5.41, 5.74) is 3.23. The van der Waals surface area contributed by atoms with Gasteiger partial charge >= 0.3 is 12.1 Å². The summed E-state index contributed by atoms with van der Waals surface area (Å²) in [5.74, 6) is -7.27. The van der Waals surface area contributed by atoms with Crippen molar-refractivity contribution in [2.45, 2.75) is 25.4 Å². The van der Waals surface area contributed by atoms with Crippen molar-refractivity contribution in [3.05, 3.63) is 96.4 Å². The van der Waals surface area contributed by atoms with E-state index in [2.05, 4.69) is 10.4 Å². The van der Waals surface area contributed by atoms with Crippen molar-refractivity contribution in [2.24, 2.45) is 11.8 Å². The number of nitrogens with one attached hydrogen (secondary N) is 1. The molecule has 8 nitrogen and oxygen atoms in total. The lowest BCUT2D eigenvalue weighted by atomic mass is 9.95. The molecule has 4 aromatic rings. The van der Waals surface area contributed by atoms with Crippen LogP contribution in [0.1, 0.15) is 35.5 Å². The minimum absolute atomic E-state index is 0.138. The first-order chi connectivity index (χ1) is 19.6. The van der Waals surface area contributed by atoms with Crippen LogP contribution in [0.5, 0.6) is 0 Å². The van der Waals surface area contributed by atoms with Crippen molar-refractivity contribution in [2.75, 3.05) is 5.01 Å². The van der Waals surface area contributed by atoms with Crippen molar-refractivity contribution in [1.82, 2.24) is 10.4 Å². The Kier molecular flexibility index (Phi) is 7.60. The largest absolute Gasteiger partial charge is 0.481 e. The van der Waals surface area contributed by atoms with E-state index in [1.807, 2.05) is 30.3 Å². The smallest absolute Gasteiger partial charge is 0.452 e. The molecule has 0 spiro atoms. The van der Waals surface area contributed by atoms with E-state index in [0.717, 1.165) is 16.1 Å². The zero-order valence-electron chi connectivity index (χ0n) is 21.5. The number of carboxylic acid groups (broad SMARTS) is 1. The molecule has 1 aromatic heterocycles. The Morgan fingerprint density at radius 3 is 1.98 bits per heavy atom. The zero-order valence-corrected chi connectivity index (χ0v) is 21.5. The number of rotatable bonds is 6. The maximum absolute atomic E-state index is 13.9. The SMILES string of the molecule is O=C(NN(C(=O)C1CCCC1C(=O)O)c1ccc(-c2ccccc2)cc1)c1nc(-c2ccccc2)oc1C(F)(F)F. The summed E-state index contributed by atoms with van der Waals surface area (Å²) in [6.45, 7) is 0. The van der Waals surface area contributed by atoms with Gasteiger partial charge in [-0.05, 0) is 48.2 Å². The number of nitrogens with zero attached hydrogens (tertiary/aromatic N) is 2. The lowest BCUT2D eigenvalue weighted by Gasteiger charge is -2.27. The van der Waals surface area contributed by atoms with Gasteiger partial charge in [0.1, 0.15) is 0 Å². The van der Waals surface area contributed by atoms with Crippen LogP contribution in [0.2, 0.25) is 0 Å². The molecule has 0 bridgehead atoms. The highest BCUT2D eigenvalue weighted by Gasteiger charge is 2.44. The van der Waals surface area contributed by atoms with E-state index in [1.165, 1.54) is 24.3 Å². The molecule has 1 saturated carbocycles. The molecule has 0 saturated heterocycles. The molecule has 41 heavy (non-hydrogen) atoms. The zero-order chi connectivity index (χ0) is 29.1. The second kappa shape index (κ2) is 11.3. The number of hydrogen-bond acceptors (Lipinski definition) is 5. The number of halogens is 3. The molecule has 210 valence electrons. The van der Waals surface area contributed by atoms with Crippen LogP contribution in [0.3, 0.4) is 0 Å². The van der Waals surface area contributed by atoms with Gasteiger partial charge < -0.3 is 9.52 Å². The van der Waals surface area contributed by atoms with Gasteiger partial charge in [-0.1, -0.05) is 67.1 Å². The first kappa shape index (κ1) is 27.6. The van der Waals surface area contributed by atoms with E-state index in [4.69, 9.17) is 4.42 Å². The molecule has 2 atom stereocenters. The molecule has 1 heterocycles. The molecule has 2 unspecified atom stereocenters. The molecule has 1 fully saturated rings. The van der Waals surface area contributed by atoms with Crippen molar-refractivity contribution < 1.29 is 37.1 Å². The summed E-state index contributed by atoms with van der Waals surface area (Å²) >= 11 is 0. The highest BCUT2D eigenvalue weighted by Crippen LogP contribution is 2.37. The fourth-order valence-electron chi connectivity index (χ4n) is 4.92. The highest BCUT2D eigenvalue weighted by molar-refractivity contribution is 6.03. The Bertz CT molecular complexity index is 1550. The van der Waals surface area contributed by atoms with Crippen LogP contribution in [0, 0.1) is 11.8 Å². The Morgan fingerprint density at radius 2 is 1.39 bits per heavy atom. The summed E-state index contributed by atoms with van der Waals surface area (Å²) in [4.78, 5) is 42.6. The number of hydrogen-bond donors (Lipinski definition) is 2. The number of oxazole rings is 1. The molecule has 5 rings (SSSR count). The minimum atomic E-state index is -5.06. The van der Waals surface area contributed by atoms with Gasteiger partial charge in [-0.3, -0.25) is 19.8 Å². The first-order valence-corrected chi connectivity index (χ1v) is 12.8. The molecular weight excluding hydrogens is 539 g/mol. The number of carboxylic acids is 1. The van der Waals surface area contributed by atoms with E-state index in [9.17, 15) is 32.7 Å². The van der Waals surface area contributed by atoms with Crippen LogP contribution in [0.4, 0.5) is 18.9 Å².